The van der Waals surface area contributed by atoms with Crippen LogP contribution in [0.1, 0.15) is 50.9 Å². The van der Waals surface area contributed by atoms with E-state index in [0.717, 1.165) is 16.8 Å². The third-order valence-electron chi connectivity index (χ3n) is 4.63. The van der Waals surface area contributed by atoms with Gasteiger partial charge in [0.1, 0.15) is 6.04 Å². The number of nitrogens with one attached hydrogen (secondary N) is 1. The molecule has 2 amide bonds. The molecule has 6 nitrogen and oxygen atoms in total. The van der Waals surface area contributed by atoms with Gasteiger partial charge in [-0.15, -0.1) is 0 Å². The molecule has 1 aromatic carbocycles. The maximum absolute atomic E-state index is 12.8. The van der Waals surface area contributed by atoms with Crippen molar-refractivity contribution in [3.8, 4) is 0 Å². The van der Waals surface area contributed by atoms with Gasteiger partial charge >= 0.3 is 0 Å². The van der Waals surface area contributed by atoms with E-state index >= 15 is 0 Å². The van der Waals surface area contributed by atoms with Crippen molar-refractivity contribution in [1.82, 2.24) is 15.1 Å². The number of fused-ring (bicyclic) bond motifs is 1. The molecule has 2 heterocycles. The monoisotopic (exact) mass is 340 g/mol. The van der Waals surface area contributed by atoms with Gasteiger partial charge in [0.05, 0.1) is 12.2 Å². The predicted molar refractivity (Wildman–Crippen MR) is 96.3 cm³/mol. The Morgan fingerprint density at radius 3 is 2.60 bits per heavy atom. The van der Waals surface area contributed by atoms with Gasteiger partial charge in [0.25, 0.3) is 0 Å². The van der Waals surface area contributed by atoms with E-state index in [1.54, 1.807) is 11.1 Å². The number of carbonyl (C=O) groups excluding carboxylic acids is 2. The van der Waals surface area contributed by atoms with Crippen LogP contribution in [0.2, 0.25) is 0 Å². The molecule has 2 atom stereocenters. The van der Waals surface area contributed by atoms with Crippen LogP contribution in [-0.2, 0) is 16.0 Å². The molecule has 6 heteroatoms. The zero-order valence-electron chi connectivity index (χ0n) is 15.1. The Hall–Kier alpha value is -2.63. The summed E-state index contributed by atoms with van der Waals surface area (Å²) >= 11 is 0. The van der Waals surface area contributed by atoms with Crippen LogP contribution in [0.25, 0.3) is 0 Å². The molecule has 25 heavy (non-hydrogen) atoms. The first kappa shape index (κ1) is 17.2. The number of nitrogens with zero attached hydrogens (tertiary/aromatic N) is 3. The molecule has 2 aromatic rings. The van der Waals surface area contributed by atoms with E-state index in [4.69, 9.17) is 0 Å². The number of para-hydroxylation sites is 1. The number of amides is 2. The first-order valence-electron chi connectivity index (χ1n) is 8.60. The molecule has 1 aliphatic rings. The van der Waals surface area contributed by atoms with E-state index in [-0.39, 0.29) is 23.9 Å². The number of rotatable bonds is 4. The lowest BCUT2D eigenvalue weighted by atomic mass is 10.1. The van der Waals surface area contributed by atoms with Gasteiger partial charge in [-0.25, -0.2) is 0 Å². The van der Waals surface area contributed by atoms with Gasteiger partial charge < -0.3 is 5.32 Å². The van der Waals surface area contributed by atoms with Gasteiger partial charge in [0, 0.05) is 36.8 Å². The summed E-state index contributed by atoms with van der Waals surface area (Å²) in [6, 6.07) is 7.27. The molecule has 3 rings (SSSR count). The Morgan fingerprint density at radius 2 is 1.96 bits per heavy atom. The van der Waals surface area contributed by atoms with E-state index in [1.165, 1.54) is 6.92 Å². The smallest absolute Gasteiger partial charge is 0.244 e. The Balaban J connectivity index is 1.75. The molecule has 1 aromatic heterocycles. The summed E-state index contributed by atoms with van der Waals surface area (Å²) in [6.07, 6.45) is 4.26. The van der Waals surface area contributed by atoms with Crippen LogP contribution in [0.4, 0.5) is 5.69 Å². The van der Waals surface area contributed by atoms with E-state index in [2.05, 4.69) is 24.3 Å². The van der Waals surface area contributed by atoms with Crippen LogP contribution in [-0.4, -0.2) is 27.6 Å². The van der Waals surface area contributed by atoms with Crippen molar-refractivity contribution in [3.05, 3.63) is 47.8 Å². The minimum atomic E-state index is -0.502. The number of carbonyl (C=O) groups is 2. The lowest BCUT2D eigenvalue weighted by molar-refractivity contribution is -0.126. The molecule has 1 N–H and O–H groups in total. The van der Waals surface area contributed by atoms with Crippen molar-refractivity contribution in [2.75, 3.05) is 4.90 Å². The summed E-state index contributed by atoms with van der Waals surface area (Å²) in [5.41, 5.74) is 2.81. The van der Waals surface area contributed by atoms with Crippen LogP contribution < -0.4 is 10.2 Å². The fraction of sp³-hybridized carbons (Fsp3) is 0.421. The highest BCUT2D eigenvalue weighted by Crippen LogP contribution is 2.32. The second-order valence-electron chi connectivity index (χ2n) is 6.82. The second-order valence-corrected chi connectivity index (χ2v) is 6.82. The van der Waals surface area contributed by atoms with Crippen molar-refractivity contribution in [2.45, 2.75) is 52.2 Å². The van der Waals surface area contributed by atoms with Crippen molar-refractivity contribution in [3.63, 3.8) is 0 Å². The SMILES string of the molecule is CC(=O)N1c2ccccc2C[C@H]1C(=O)NC(C)c1cnn(C(C)C)c1. The topological polar surface area (TPSA) is 67.2 Å². The van der Waals surface area contributed by atoms with Gasteiger partial charge in [-0.3, -0.25) is 19.2 Å². The molecule has 0 radical (unpaired) electrons. The minimum Gasteiger partial charge on any atom is -0.348 e. The summed E-state index contributed by atoms with van der Waals surface area (Å²) in [5, 5.41) is 7.34. The maximum Gasteiger partial charge on any atom is 0.244 e. The molecule has 0 spiro atoms. The van der Waals surface area contributed by atoms with Gasteiger partial charge in [-0.2, -0.15) is 5.10 Å². The van der Waals surface area contributed by atoms with Crippen molar-refractivity contribution in [1.29, 1.82) is 0 Å². The van der Waals surface area contributed by atoms with Gasteiger partial charge in [-0.1, -0.05) is 18.2 Å². The lowest BCUT2D eigenvalue weighted by Crippen LogP contribution is -2.47. The minimum absolute atomic E-state index is 0.120. The molecular formula is C19H24N4O2. The average Bonchev–Trinajstić information content (AvgIpc) is 3.19. The number of benzene rings is 1. The van der Waals surface area contributed by atoms with Crippen LogP contribution in [0.3, 0.4) is 0 Å². The normalized spacial score (nSPS) is 17.5. The van der Waals surface area contributed by atoms with Crippen molar-refractivity contribution < 1.29 is 9.59 Å². The highest BCUT2D eigenvalue weighted by Gasteiger charge is 2.37. The molecule has 0 bridgehead atoms. The third-order valence-corrected chi connectivity index (χ3v) is 4.63. The average molecular weight is 340 g/mol. The Morgan fingerprint density at radius 1 is 1.24 bits per heavy atom. The molecule has 132 valence electrons. The third kappa shape index (κ3) is 3.29. The van der Waals surface area contributed by atoms with Crippen molar-refractivity contribution >= 4 is 17.5 Å². The number of hydrogen-bond donors (Lipinski definition) is 1. The van der Waals surface area contributed by atoms with Crippen LogP contribution in [0, 0.1) is 0 Å². The Kier molecular flexibility index (Phi) is 4.61. The number of anilines is 1. The van der Waals surface area contributed by atoms with Crippen LogP contribution in [0.15, 0.2) is 36.7 Å². The predicted octanol–water partition coefficient (Wildman–Crippen LogP) is 2.62. The van der Waals surface area contributed by atoms with E-state index in [1.807, 2.05) is 42.1 Å². The Bertz CT molecular complexity index is 796. The van der Waals surface area contributed by atoms with E-state index < -0.39 is 6.04 Å². The maximum atomic E-state index is 12.8. The summed E-state index contributed by atoms with van der Waals surface area (Å²) in [4.78, 5) is 26.5. The van der Waals surface area contributed by atoms with E-state index in [9.17, 15) is 9.59 Å². The van der Waals surface area contributed by atoms with Crippen molar-refractivity contribution in [2.24, 2.45) is 0 Å². The highest BCUT2D eigenvalue weighted by atomic mass is 16.2. The van der Waals surface area contributed by atoms with Gasteiger partial charge in [0.15, 0.2) is 0 Å². The van der Waals surface area contributed by atoms with E-state index in [0.29, 0.717) is 6.42 Å². The van der Waals surface area contributed by atoms with Crippen LogP contribution in [0.5, 0.6) is 0 Å². The fourth-order valence-electron chi connectivity index (χ4n) is 3.24. The molecule has 1 unspecified atom stereocenters. The quantitative estimate of drug-likeness (QED) is 0.930. The largest absolute Gasteiger partial charge is 0.348 e. The van der Waals surface area contributed by atoms with Gasteiger partial charge in [-0.05, 0) is 32.4 Å². The fourth-order valence-corrected chi connectivity index (χ4v) is 3.24. The summed E-state index contributed by atoms with van der Waals surface area (Å²) in [5.74, 6) is -0.262. The number of aromatic nitrogens is 2. The zero-order chi connectivity index (χ0) is 18.1. The summed E-state index contributed by atoms with van der Waals surface area (Å²) < 4.78 is 1.87. The molecular weight excluding hydrogens is 316 g/mol. The number of hydrogen-bond acceptors (Lipinski definition) is 3. The molecule has 1 aliphatic heterocycles. The first-order chi connectivity index (χ1) is 11.9. The van der Waals surface area contributed by atoms with Gasteiger partial charge in [0.2, 0.25) is 11.8 Å². The lowest BCUT2D eigenvalue weighted by Gasteiger charge is -2.25. The molecule has 0 aliphatic carbocycles. The summed E-state index contributed by atoms with van der Waals surface area (Å²) in [6.45, 7) is 7.54. The first-order valence-corrected chi connectivity index (χ1v) is 8.60. The standard InChI is InChI=1S/C19H24N4O2/c1-12(2)22-11-16(10-20-22)13(3)21-19(25)18-9-15-7-5-6-8-17(15)23(18)14(4)24/h5-8,10-13,18H,9H2,1-4H3,(H,21,25)/t13?,18-/m0/s1. The molecule has 0 saturated heterocycles. The molecule has 0 saturated carbocycles. The summed E-state index contributed by atoms with van der Waals surface area (Å²) in [7, 11) is 0. The van der Waals surface area contributed by atoms with Crippen LogP contribution >= 0.6 is 0 Å². The Labute approximate surface area is 147 Å². The molecule has 0 fully saturated rings. The zero-order valence-corrected chi connectivity index (χ0v) is 15.1. The highest BCUT2D eigenvalue weighted by molar-refractivity contribution is 6.02. The second kappa shape index (κ2) is 6.70.